The van der Waals surface area contributed by atoms with Crippen molar-refractivity contribution in [3.8, 4) is 5.75 Å². The van der Waals surface area contributed by atoms with Crippen molar-refractivity contribution in [2.24, 2.45) is 5.92 Å². The fourth-order valence-electron chi connectivity index (χ4n) is 3.72. The maximum atomic E-state index is 12.7. The molecule has 1 aromatic heterocycles. The van der Waals surface area contributed by atoms with Crippen molar-refractivity contribution in [3.63, 3.8) is 0 Å². The van der Waals surface area contributed by atoms with Gasteiger partial charge >= 0.3 is 0 Å². The minimum atomic E-state index is 0.0104. The summed E-state index contributed by atoms with van der Waals surface area (Å²) in [6.45, 7) is 4.26. The summed E-state index contributed by atoms with van der Waals surface area (Å²) in [5.41, 5.74) is 1.89. The largest absolute Gasteiger partial charge is 0.490 e. The van der Waals surface area contributed by atoms with Crippen molar-refractivity contribution in [2.45, 2.75) is 45.3 Å². The Morgan fingerprint density at radius 2 is 1.79 bits per heavy atom. The van der Waals surface area contributed by atoms with Gasteiger partial charge in [0.25, 0.3) is 5.91 Å². The molecule has 2 aliphatic rings. The second-order valence-electron chi connectivity index (χ2n) is 8.13. The molecule has 2 heterocycles. The predicted octanol–water partition coefficient (Wildman–Crippen LogP) is 4.11. The Morgan fingerprint density at radius 3 is 2.38 bits per heavy atom. The quantitative estimate of drug-likeness (QED) is 0.717. The highest BCUT2D eigenvalue weighted by molar-refractivity contribution is 7.10. The average Bonchev–Trinajstić information content (AvgIpc) is 3.51. The van der Waals surface area contributed by atoms with Crippen LogP contribution in [0.4, 0.5) is 0 Å². The summed E-state index contributed by atoms with van der Waals surface area (Å²) < 4.78 is 6.09. The van der Waals surface area contributed by atoms with Crippen LogP contribution in [0.5, 0.6) is 5.75 Å². The molecule has 5 nitrogen and oxygen atoms in total. The Bertz CT molecular complexity index is 865. The van der Waals surface area contributed by atoms with E-state index < -0.39 is 0 Å². The first-order valence-electron chi connectivity index (χ1n) is 10.3. The number of hydrogen-bond donors (Lipinski definition) is 0. The monoisotopic (exact) mass is 412 g/mol. The first-order chi connectivity index (χ1) is 14.0. The number of likely N-dealkylation sites (tertiary alicyclic amines) is 1. The summed E-state index contributed by atoms with van der Waals surface area (Å²) in [5.74, 6) is 1.41. The zero-order chi connectivity index (χ0) is 20.4. The Balaban J connectivity index is 1.28. The molecule has 1 aliphatic carbocycles. The SMILES string of the molecule is Cc1ccsc1CN(C)C(=O)c1ccc(OC2CCN(C(=O)C3CC3)CC2)cc1. The lowest BCUT2D eigenvalue weighted by atomic mass is 10.1. The number of hydrogen-bond acceptors (Lipinski definition) is 4. The molecule has 29 heavy (non-hydrogen) atoms. The third-order valence-electron chi connectivity index (χ3n) is 5.78. The molecule has 0 N–H and O–H groups in total. The van der Waals surface area contributed by atoms with Crippen molar-refractivity contribution < 1.29 is 14.3 Å². The smallest absolute Gasteiger partial charge is 0.253 e. The normalized spacial score (nSPS) is 17.2. The van der Waals surface area contributed by atoms with Crippen LogP contribution in [0.3, 0.4) is 0 Å². The molecule has 0 unspecified atom stereocenters. The molecule has 2 fully saturated rings. The second-order valence-corrected chi connectivity index (χ2v) is 9.13. The van der Waals surface area contributed by atoms with Gasteiger partial charge in [-0.25, -0.2) is 0 Å². The molecule has 6 heteroatoms. The van der Waals surface area contributed by atoms with Crippen molar-refractivity contribution in [3.05, 3.63) is 51.7 Å². The van der Waals surface area contributed by atoms with E-state index in [9.17, 15) is 9.59 Å². The van der Waals surface area contributed by atoms with Gasteiger partial charge in [-0.3, -0.25) is 9.59 Å². The zero-order valence-corrected chi connectivity index (χ0v) is 17.9. The number of thiophene rings is 1. The summed E-state index contributed by atoms with van der Waals surface area (Å²) in [7, 11) is 1.84. The molecule has 1 saturated heterocycles. The maximum absolute atomic E-state index is 12.7. The number of carbonyl (C=O) groups excluding carboxylic acids is 2. The van der Waals surface area contributed by atoms with Crippen LogP contribution in [0.2, 0.25) is 0 Å². The highest BCUT2D eigenvalue weighted by Gasteiger charge is 2.35. The van der Waals surface area contributed by atoms with E-state index in [4.69, 9.17) is 4.74 Å². The molecule has 0 radical (unpaired) electrons. The van der Waals surface area contributed by atoms with Crippen LogP contribution >= 0.6 is 11.3 Å². The topological polar surface area (TPSA) is 49.9 Å². The Kier molecular flexibility index (Phi) is 5.90. The van der Waals surface area contributed by atoms with Crippen LogP contribution in [-0.2, 0) is 11.3 Å². The summed E-state index contributed by atoms with van der Waals surface area (Å²) in [5, 5.41) is 2.06. The summed E-state index contributed by atoms with van der Waals surface area (Å²) >= 11 is 1.68. The van der Waals surface area contributed by atoms with Crippen LogP contribution < -0.4 is 4.74 Å². The van der Waals surface area contributed by atoms with Gasteiger partial charge in [0.1, 0.15) is 11.9 Å². The molecule has 0 atom stereocenters. The zero-order valence-electron chi connectivity index (χ0n) is 17.1. The lowest BCUT2D eigenvalue weighted by Gasteiger charge is -2.32. The Hall–Kier alpha value is -2.34. The number of benzene rings is 1. The summed E-state index contributed by atoms with van der Waals surface area (Å²) in [6.07, 6.45) is 3.97. The molecule has 2 aromatic rings. The van der Waals surface area contributed by atoms with Crippen molar-refractivity contribution in [1.29, 1.82) is 0 Å². The van der Waals surface area contributed by atoms with Gasteiger partial charge in [0, 0.05) is 49.3 Å². The molecular formula is C23H28N2O3S. The van der Waals surface area contributed by atoms with Gasteiger partial charge in [0.15, 0.2) is 0 Å². The minimum Gasteiger partial charge on any atom is -0.490 e. The molecule has 1 saturated carbocycles. The number of aryl methyl sites for hydroxylation is 1. The number of carbonyl (C=O) groups is 2. The van der Waals surface area contributed by atoms with Crippen LogP contribution in [0.25, 0.3) is 0 Å². The van der Waals surface area contributed by atoms with Gasteiger partial charge < -0.3 is 14.5 Å². The Labute approximate surface area is 176 Å². The number of rotatable bonds is 6. The first kappa shape index (κ1) is 20.0. The Morgan fingerprint density at radius 1 is 1.10 bits per heavy atom. The van der Waals surface area contributed by atoms with E-state index in [0.717, 1.165) is 44.5 Å². The van der Waals surface area contributed by atoms with Crippen LogP contribution in [-0.4, -0.2) is 47.9 Å². The maximum Gasteiger partial charge on any atom is 0.253 e. The number of amides is 2. The van der Waals surface area contributed by atoms with E-state index in [2.05, 4.69) is 18.4 Å². The van der Waals surface area contributed by atoms with Gasteiger partial charge in [0.05, 0.1) is 6.54 Å². The highest BCUT2D eigenvalue weighted by atomic mass is 32.1. The minimum absolute atomic E-state index is 0.0104. The lowest BCUT2D eigenvalue weighted by molar-refractivity contribution is -0.134. The van der Waals surface area contributed by atoms with Gasteiger partial charge in [-0.1, -0.05) is 0 Å². The van der Waals surface area contributed by atoms with E-state index in [1.807, 2.05) is 36.2 Å². The molecule has 0 bridgehead atoms. The molecule has 4 rings (SSSR count). The van der Waals surface area contributed by atoms with Crippen LogP contribution in [0.15, 0.2) is 35.7 Å². The van der Waals surface area contributed by atoms with Crippen molar-refractivity contribution >= 4 is 23.2 Å². The molecule has 1 aromatic carbocycles. The van der Waals surface area contributed by atoms with E-state index in [1.165, 1.54) is 10.4 Å². The van der Waals surface area contributed by atoms with Crippen LogP contribution in [0.1, 0.15) is 46.5 Å². The van der Waals surface area contributed by atoms with Crippen molar-refractivity contribution in [2.75, 3.05) is 20.1 Å². The van der Waals surface area contributed by atoms with E-state index in [1.54, 1.807) is 16.2 Å². The van der Waals surface area contributed by atoms with E-state index in [-0.39, 0.29) is 12.0 Å². The predicted molar refractivity (Wildman–Crippen MR) is 114 cm³/mol. The number of ether oxygens (including phenoxy) is 1. The summed E-state index contributed by atoms with van der Waals surface area (Å²) in [4.78, 5) is 29.8. The van der Waals surface area contributed by atoms with Gasteiger partial charge in [-0.2, -0.15) is 0 Å². The average molecular weight is 413 g/mol. The first-order valence-corrected chi connectivity index (χ1v) is 11.2. The molecule has 0 spiro atoms. The molecule has 154 valence electrons. The number of nitrogens with zero attached hydrogens (tertiary/aromatic N) is 2. The molecule has 2 amide bonds. The highest BCUT2D eigenvalue weighted by Crippen LogP contribution is 2.32. The third kappa shape index (κ3) is 4.81. The van der Waals surface area contributed by atoms with Gasteiger partial charge in [-0.05, 0) is 61.0 Å². The van der Waals surface area contributed by atoms with Crippen molar-refractivity contribution in [1.82, 2.24) is 9.80 Å². The van der Waals surface area contributed by atoms with Crippen LogP contribution in [0, 0.1) is 12.8 Å². The molecule has 1 aliphatic heterocycles. The molecular weight excluding hydrogens is 384 g/mol. The third-order valence-corrected chi connectivity index (χ3v) is 6.79. The van der Waals surface area contributed by atoms with Gasteiger partial charge in [-0.15, -0.1) is 11.3 Å². The summed E-state index contributed by atoms with van der Waals surface area (Å²) in [6, 6.07) is 9.50. The standard InChI is InChI=1S/C23H28N2O3S/c1-16-11-14-29-21(16)15-24(2)22(26)17-5-7-19(8-6-17)28-20-9-12-25(13-10-20)23(27)18-3-4-18/h5-8,11,14,18,20H,3-4,9-10,12-13,15H2,1-2H3. The fraction of sp³-hybridized carbons (Fsp3) is 0.478. The lowest BCUT2D eigenvalue weighted by Crippen LogP contribution is -2.42. The van der Waals surface area contributed by atoms with E-state index in [0.29, 0.717) is 23.9 Å². The fourth-order valence-corrected chi connectivity index (χ4v) is 4.68. The van der Waals surface area contributed by atoms with Gasteiger partial charge in [0.2, 0.25) is 5.91 Å². The second kappa shape index (κ2) is 8.57. The number of piperidine rings is 1. The van der Waals surface area contributed by atoms with E-state index >= 15 is 0 Å².